The normalized spacial score (nSPS) is 22.9. The summed E-state index contributed by atoms with van der Waals surface area (Å²) in [6.45, 7) is 7.79. The van der Waals surface area contributed by atoms with Crippen LogP contribution in [0.2, 0.25) is 0 Å². The first kappa shape index (κ1) is 39.7. The van der Waals surface area contributed by atoms with Gasteiger partial charge in [0.2, 0.25) is 17.6 Å². The number of urea groups is 1. The van der Waals surface area contributed by atoms with Crippen LogP contribution in [-0.2, 0) is 29.4 Å². The molecule has 2 aliphatic carbocycles. The van der Waals surface area contributed by atoms with Crippen molar-refractivity contribution in [2.24, 2.45) is 28.9 Å². The van der Waals surface area contributed by atoms with Crippen molar-refractivity contribution in [3.63, 3.8) is 0 Å². The minimum absolute atomic E-state index is 0.0704. The highest BCUT2D eigenvalue weighted by molar-refractivity contribution is 7.86. The Morgan fingerprint density at radius 3 is 2.02 bits per heavy atom. The summed E-state index contributed by atoms with van der Waals surface area (Å²) in [6, 6.07) is -4.03. The van der Waals surface area contributed by atoms with Gasteiger partial charge in [0.05, 0.1) is 6.04 Å². The van der Waals surface area contributed by atoms with Gasteiger partial charge in [0.25, 0.3) is 16.1 Å². The van der Waals surface area contributed by atoms with Crippen LogP contribution in [0.15, 0.2) is 0 Å². The summed E-state index contributed by atoms with van der Waals surface area (Å²) < 4.78 is 28.0. The van der Waals surface area contributed by atoms with Crippen molar-refractivity contribution in [1.82, 2.24) is 29.5 Å². The maximum atomic E-state index is 14.3. The maximum Gasteiger partial charge on any atom is 0.315 e. The second-order valence-corrected chi connectivity index (χ2v) is 17.5. The first-order valence-corrected chi connectivity index (χ1v) is 18.9. The van der Waals surface area contributed by atoms with Crippen LogP contribution >= 0.6 is 0 Å². The number of nitrogens with two attached hydrogens (primary N) is 1. The van der Waals surface area contributed by atoms with Gasteiger partial charge in [-0.2, -0.15) is 17.0 Å². The fourth-order valence-corrected chi connectivity index (χ4v) is 8.17. The lowest BCUT2D eigenvalue weighted by Gasteiger charge is -2.38. The van der Waals surface area contributed by atoms with E-state index in [1.54, 1.807) is 0 Å². The molecular formula is C33H59N7O7S. The van der Waals surface area contributed by atoms with Crippen molar-refractivity contribution in [3.05, 3.63) is 0 Å². The van der Waals surface area contributed by atoms with Gasteiger partial charge >= 0.3 is 6.03 Å². The van der Waals surface area contributed by atoms with Crippen molar-refractivity contribution < 1.29 is 32.4 Å². The Kier molecular flexibility index (Phi) is 13.8. The highest BCUT2D eigenvalue weighted by Gasteiger charge is 2.47. The fourth-order valence-electron chi connectivity index (χ4n) is 7.26. The molecule has 5 atom stereocenters. The van der Waals surface area contributed by atoms with E-state index in [1.165, 1.54) is 30.3 Å². The number of Topliss-reactive ketones (excluding diaryl/α,β-unsaturated/α-hetero) is 1. The lowest BCUT2D eigenvalue weighted by molar-refractivity contribution is -0.144. The molecule has 15 heteroatoms. The van der Waals surface area contributed by atoms with Crippen LogP contribution in [0.5, 0.6) is 0 Å². The van der Waals surface area contributed by atoms with Gasteiger partial charge in [0.1, 0.15) is 12.1 Å². The molecule has 274 valence electrons. The molecule has 5 N–H and O–H groups in total. The SMILES string of the molecule is CC[C@H]1CCN(C(=O)[C@@H](NC(=O)N[C@H](CN(C)S(=O)(=O)N(C)C)C2CCCCC2)C(C)(C)C)[C@@H]1C(=O)NC(CC1CCC1)C(=O)C(N)=O. The monoisotopic (exact) mass is 697 g/mol. The Bertz CT molecular complexity index is 1280. The summed E-state index contributed by atoms with van der Waals surface area (Å²) in [5.41, 5.74) is 4.57. The number of carbonyl (C=O) groups excluding carboxylic acids is 5. The molecule has 0 radical (unpaired) electrons. The molecule has 3 fully saturated rings. The number of ketones is 1. The molecule has 1 aliphatic heterocycles. The average molecular weight is 698 g/mol. The second-order valence-electron chi connectivity index (χ2n) is 15.2. The maximum absolute atomic E-state index is 14.3. The molecule has 1 saturated heterocycles. The van der Waals surface area contributed by atoms with Crippen molar-refractivity contribution in [2.45, 2.75) is 122 Å². The molecule has 1 unspecified atom stereocenters. The lowest BCUT2D eigenvalue weighted by atomic mass is 9.80. The predicted octanol–water partition coefficient (Wildman–Crippen LogP) is 1.74. The van der Waals surface area contributed by atoms with Gasteiger partial charge in [-0.15, -0.1) is 0 Å². The Hall–Kier alpha value is -2.78. The standard InChI is InChI=1S/C33H59N7O7S/c1-8-22-17-18-40(26(22)30(43)35-24(27(41)29(34)42)19-21-13-12-14-21)31(44)28(33(2,3)4)37-32(45)36-25(23-15-10-9-11-16-23)20-39(7)48(46,47)38(5)6/h21-26,28H,8-20H2,1-7H3,(H2,34,42)(H,35,43)(H2,36,37,45)/t22-,24?,25+,26-,28+/m0/s1. The van der Waals surface area contributed by atoms with Gasteiger partial charge in [-0.3, -0.25) is 19.2 Å². The van der Waals surface area contributed by atoms with E-state index in [0.717, 1.165) is 55.7 Å². The molecule has 3 rings (SSSR count). The number of likely N-dealkylation sites (N-methyl/N-ethyl adjacent to an activating group) is 1. The minimum atomic E-state index is -3.71. The van der Waals surface area contributed by atoms with E-state index in [4.69, 9.17) is 5.73 Å². The van der Waals surface area contributed by atoms with E-state index in [-0.39, 0.29) is 24.3 Å². The number of likely N-dealkylation sites (tertiary alicyclic amines) is 1. The molecule has 3 aliphatic rings. The van der Waals surface area contributed by atoms with E-state index in [2.05, 4.69) is 16.0 Å². The Labute approximate surface area is 286 Å². The van der Waals surface area contributed by atoms with Gasteiger partial charge in [0.15, 0.2) is 0 Å². The Balaban J connectivity index is 1.81. The number of primary amides is 1. The fraction of sp³-hybridized carbons (Fsp3) is 0.848. The number of nitrogens with one attached hydrogen (secondary N) is 3. The number of hydrogen-bond donors (Lipinski definition) is 4. The van der Waals surface area contributed by atoms with Gasteiger partial charge in [-0.25, -0.2) is 4.79 Å². The third-order valence-corrected chi connectivity index (χ3v) is 12.4. The number of amides is 5. The van der Waals surface area contributed by atoms with Crippen molar-refractivity contribution in [2.75, 3.05) is 34.2 Å². The summed E-state index contributed by atoms with van der Waals surface area (Å²) >= 11 is 0. The molecule has 0 aromatic carbocycles. The molecule has 0 aromatic heterocycles. The third kappa shape index (κ3) is 9.90. The molecule has 2 saturated carbocycles. The topological polar surface area (TPSA) is 191 Å². The first-order chi connectivity index (χ1) is 22.4. The summed E-state index contributed by atoms with van der Waals surface area (Å²) in [7, 11) is 0.692. The van der Waals surface area contributed by atoms with Crippen LogP contribution < -0.4 is 21.7 Å². The molecule has 0 spiro atoms. The lowest BCUT2D eigenvalue weighted by Crippen LogP contribution is -2.62. The average Bonchev–Trinajstić information content (AvgIpc) is 3.44. The molecule has 1 heterocycles. The Morgan fingerprint density at radius 2 is 1.52 bits per heavy atom. The predicted molar refractivity (Wildman–Crippen MR) is 182 cm³/mol. The molecule has 0 aromatic rings. The second kappa shape index (κ2) is 16.8. The third-order valence-electron chi connectivity index (χ3n) is 10.5. The highest BCUT2D eigenvalue weighted by atomic mass is 32.2. The van der Waals surface area contributed by atoms with Crippen molar-refractivity contribution in [1.29, 1.82) is 0 Å². The van der Waals surface area contributed by atoms with Gasteiger partial charge in [-0.1, -0.05) is 72.6 Å². The van der Waals surface area contributed by atoms with Crippen LogP contribution in [0.4, 0.5) is 4.79 Å². The molecule has 14 nitrogen and oxygen atoms in total. The number of carbonyl (C=O) groups is 5. The first-order valence-electron chi connectivity index (χ1n) is 17.5. The van der Waals surface area contributed by atoms with E-state index < -0.39 is 69.3 Å². The van der Waals surface area contributed by atoms with Gasteiger partial charge in [0, 0.05) is 40.3 Å². The molecule has 5 amide bonds. The zero-order chi connectivity index (χ0) is 36.0. The molecule has 48 heavy (non-hydrogen) atoms. The number of rotatable bonds is 15. The quantitative estimate of drug-likeness (QED) is 0.187. The van der Waals surface area contributed by atoms with Crippen molar-refractivity contribution in [3.8, 4) is 0 Å². The smallest absolute Gasteiger partial charge is 0.315 e. The van der Waals surface area contributed by atoms with E-state index in [0.29, 0.717) is 25.8 Å². The summed E-state index contributed by atoms with van der Waals surface area (Å²) in [4.78, 5) is 67.8. The van der Waals surface area contributed by atoms with E-state index in [9.17, 15) is 32.4 Å². The highest BCUT2D eigenvalue weighted by Crippen LogP contribution is 2.33. The zero-order valence-electron chi connectivity index (χ0n) is 29.9. The zero-order valence-corrected chi connectivity index (χ0v) is 30.7. The molecular weight excluding hydrogens is 638 g/mol. The van der Waals surface area contributed by atoms with Crippen LogP contribution in [0, 0.1) is 23.2 Å². The Morgan fingerprint density at radius 1 is 0.896 bits per heavy atom. The largest absolute Gasteiger partial charge is 0.363 e. The summed E-state index contributed by atoms with van der Waals surface area (Å²) in [6.07, 6.45) is 9.12. The van der Waals surface area contributed by atoms with Crippen molar-refractivity contribution >= 4 is 39.7 Å². The van der Waals surface area contributed by atoms with Crippen LogP contribution in [-0.4, -0.2) is 110 Å². The van der Waals surface area contributed by atoms with Crippen LogP contribution in [0.3, 0.4) is 0 Å². The number of nitrogens with zero attached hydrogens (tertiary/aromatic N) is 3. The molecule has 0 bridgehead atoms. The minimum Gasteiger partial charge on any atom is -0.363 e. The summed E-state index contributed by atoms with van der Waals surface area (Å²) in [5, 5.41) is 8.65. The number of hydrogen-bond acceptors (Lipinski definition) is 7. The van der Waals surface area contributed by atoms with E-state index in [1.807, 2.05) is 27.7 Å². The van der Waals surface area contributed by atoms with E-state index >= 15 is 0 Å². The van der Waals surface area contributed by atoms with Gasteiger partial charge < -0.3 is 26.6 Å². The van der Waals surface area contributed by atoms with Crippen LogP contribution in [0.25, 0.3) is 0 Å². The van der Waals surface area contributed by atoms with Gasteiger partial charge in [-0.05, 0) is 48.9 Å². The summed E-state index contributed by atoms with van der Waals surface area (Å²) in [5.74, 6) is -2.77. The van der Waals surface area contributed by atoms with Crippen LogP contribution in [0.1, 0.15) is 98.3 Å².